The van der Waals surface area contributed by atoms with Crippen molar-refractivity contribution in [3.8, 4) is 11.1 Å². The van der Waals surface area contributed by atoms with E-state index in [1.807, 2.05) is 4.90 Å². The van der Waals surface area contributed by atoms with E-state index in [9.17, 15) is 28.4 Å². The molecule has 13 heteroatoms. The van der Waals surface area contributed by atoms with E-state index < -0.39 is 54.4 Å². The highest BCUT2D eigenvalue weighted by Gasteiger charge is 2.61. The van der Waals surface area contributed by atoms with Gasteiger partial charge in [0, 0.05) is 32.0 Å². The van der Waals surface area contributed by atoms with Gasteiger partial charge in [0.05, 0.1) is 12.6 Å². The van der Waals surface area contributed by atoms with Crippen LogP contribution in [-0.2, 0) is 30.1 Å². The summed E-state index contributed by atoms with van der Waals surface area (Å²) in [5.41, 5.74) is 0.606. The lowest BCUT2D eigenvalue weighted by Crippen LogP contribution is -2.54. The highest BCUT2D eigenvalue weighted by molar-refractivity contribution is 7.47. The lowest BCUT2D eigenvalue weighted by atomic mass is 10.00. The quantitative estimate of drug-likeness (QED) is 0.197. The first-order valence-electron chi connectivity index (χ1n) is 15.4. The van der Waals surface area contributed by atoms with Gasteiger partial charge in [-0.15, -0.1) is 0 Å². The number of carbonyl (C=O) groups is 3. The molecule has 252 valence electrons. The van der Waals surface area contributed by atoms with Crippen molar-refractivity contribution >= 4 is 26.0 Å². The summed E-state index contributed by atoms with van der Waals surface area (Å²) in [6, 6.07) is 8.02. The average molecular weight is 663 g/mol. The fourth-order valence-electron chi connectivity index (χ4n) is 5.04. The first-order chi connectivity index (χ1) is 21.4. The molecule has 1 aliphatic heterocycles. The Labute approximate surface area is 271 Å². The summed E-state index contributed by atoms with van der Waals surface area (Å²) in [4.78, 5) is 45.0. The Morgan fingerprint density at radius 3 is 2.22 bits per heavy atom. The molecule has 1 aromatic heterocycles. The van der Waals surface area contributed by atoms with Crippen LogP contribution in [0.5, 0.6) is 0 Å². The zero-order valence-corrected chi connectivity index (χ0v) is 28.6. The molecule has 2 amide bonds. The molecule has 0 saturated carbocycles. The highest BCUT2D eigenvalue weighted by atomic mass is 31.1. The summed E-state index contributed by atoms with van der Waals surface area (Å²) >= 11 is 0. The highest BCUT2D eigenvalue weighted by Crippen LogP contribution is 2.46. The summed E-state index contributed by atoms with van der Waals surface area (Å²) in [5, 5.41) is 8.38. The predicted molar refractivity (Wildman–Crippen MR) is 171 cm³/mol. The molecule has 1 saturated heterocycles. The summed E-state index contributed by atoms with van der Waals surface area (Å²) < 4.78 is 44.4. The predicted octanol–water partition coefficient (Wildman–Crippen LogP) is 7.06. The molecule has 1 N–H and O–H groups in total. The van der Waals surface area contributed by atoms with E-state index in [4.69, 9.17) is 14.2 Å². The molecule has 3 atom stereocenters. The lowest BCUT2D eigenvalue weighted by Gasteiger charge is -2.34. The van der Waals surface area contributed by atoms with E-state index in [0.29, 0.717) is 37.9 Å². The summed E-state index contributed by atoms with van der Waals surface area (Å²) in [7, 11) is -2.25. The van der Waals surface area contributed by atoms with Crippen LogP contribution < -0.4 is 0 Å². The third-order valence-electron chi connectivity index (χ3n) is 7.12. The third-order valence-corrected chi connectivity index (χ3v) is 8.97. The van der Waals surface area contributed by atoms with Gasteiger partial charge in [-0.25, -0.2) is 23.7 Å². The van der Waals surface area contributed by atoms with Gasteiger partial charge in [-0.2, -0.15) is 0 Å². The smallest absolute Gasteiger partial charge is 0.419 e. The number of carboxylic acids is 1. The number of amides is 2. The number of unbranched alkanes of at least 4 members (excludes halogenated alkanes) is 1. The Hall–Kier alpha value is -3.47. The Morgan fingerprint density at radius 2 is 1.65 bits per heavy atom. The first kappa shape index (κ1) is 37.0. The Balaban J connectivity index is 1.67. The van der Waals surface area contributed by atoms with E-state index >= 15 is 0 Å². The van der Waals surface area contributed by atoms with Gasteiger partial charge >= 0.3 is 31.3 Å². The van der Waals surface area contributed by atoms with Crippen LogP contribution in [0, 0.1) is 5.82 Å². The number of rotatable bonds is 11. The molecule has 11 nitrogen and oxygen atoms in total. The fraction of sp³-hybridized carbons (Fsp3) is 0.576. The second kappa shape index (κ2) is 15.4. The minimum atomic E-state index is -2.25. The molecule has 46 heavy (non-hydrogen) atoms. The second-order valence-corrected chi connectivity index (χ2v) is 15.4. The van der Waals surface area contributed by atoms with Gasteiger partial charge in [-0.05, 0) is 109 Å². The SMILES string of the molecule is CC(CCCCN(C(=O)OC(C)(C)C)C(=O)OC(C)(C)C)O[C@@]1(C(=O)O)CN(Cc2ccc(F)cc2-c2ccncc2)CC[P+]1=O. The van der Waals surface area contributed by atoms with Crippen molar-refractivity contribution in [2.45, 2.75) is 96.9 Å². The maximum Gasteiger partial charge on any atom is 0.419 e. The van der Waals surface area contributed by atoms with Gasteiger partial charge in [0.1, 0.15) is 17.0 Å². The van der Waals surface area contributed by atoms with E-state index in [-0.39, 0.29) is 19.3 Å². The molecule has 2 unspecified atom stereocenters. The molecule has 1 aliphatic rings. The molecule has 1 aromatic carbocycles. The molecule has 0 spiro atoms. The van der Waals surface area contributed by atoms with Crippen LogP contribution in [-0.4, -0.2) is 86.5 Å². The maximum atomic E-state index is 14.2. The van der Waals surface area contributed by atoms with Gasteiger partial charge in [-0.1, -0.05) is 10.6 Å². The van der Waals surface area contributed by atoms with E-state index in [1.165, 1.54) is 12.1 Å². The zero-order chi connectivity index (χ0) is 34.3. The Kier molecular flexibility index (Phi) is 12.4. The minimum absolute atomic E-state index is 0.0279. The van der Waals surface area contributed by atoms with Crippen molar-refractivity contribution < 1.29 is 42.7 Å². The van der Waals surface area contributed by atoms with Crippen LogP contribution in [0.4, 0.5) is 14.0 Å². The van der Waals surface area contributed by atoms with Gasteiger partial charge in [-0.3, -0.25) is 9.88 Å². The average Bonchev–Trinajstić information content (AvgIpc) is 2.94. The molecule has 3 rings (SSSR count). The van der Waals surface area contributed by atoms with Crippen molar-refractivity contribution in [2.75, 3.05) is 25.8 Å². The number of imide groups is 1. The first-order valence-corrected chi connectivity index (χ1v) is 16.9. The number of nitrogens with zero attached hydrogens (tertiary/aromatic N) is 3. The maximum absolute atomic E-state index is 14.2. The van der Waals surface area contributed by atoms with Crippen LogP contribution in [0.15, 0.2) is 42.7 Å². The summed E-state index contributed by atoms with van der Waals surface area (Å²) in [6.45, 7) is 12.5. The zero-order valence-electron chi connectivity index (χ0n) is 27.7. The van der Waals surface area contributed by atoms with Crippen LogP contribution in [0.1, 0.15) is 73.3 Å². The van der Waals surface area contributed by atoms with Crippen molar-refractivity contribution in [3.05, 3.63) is 54.1 Å². The monoisotopic (exact) mass is 662 g/mol. The number of benzene rings is 1. The van der Waals surface area contributed by atoms with E-state index in [2.05, 4.69) is 4.98 Å². The van der Waals surface area contributed by atoms with Crippen LogP contribution in [0.3, 0.4) is 0 Å². The van der Waals surface area contributed by atoms with Gasteiger partial charge in [0.25, 0.3) is 0 Å². The van der Waals surface area contributed by atoms with Gasteiger partial charge in [0.15, 0.2) is 6.16 Å². The van der Waals surface area contributed by atoms with Crippen LogP contribution in [0.2, 0.25) is 0 Å². The van der Waals surface area contributed by atoms with Crippen molar-refractivity contribution in [1.82, 2.24) is 14.8 Å². The number of pyridine rings is 1. The number of aliphatic carboxylic acids is 1. The molecule has 0 radical (unpaired) electrons. The fourth-order valence-corrected chi connectivity index (χ4v) is 6.74. The molecular formula is C33H46FN3O8P+. The molecular weight excluding hydrogens is 616 g/mol. The van der Waals surface area contributed by atoms with E-state index in [1.54, 1.807) is 79.1 Å². The molecule has 0 aliphatic carbocycles. The Bertz CT molecular complexity index is 1370. The minimum Gasteiger partial charge on any atom is -0.476 e. The van der Waals surface area contributed by atoms with Crippen LogP contribution in [0.25, 0.3) is 11.1 Å². The molecule has 0 bridgehead atoms. The topological polar surface area (TPSA) is 136 Å². The second-order valence-electron chi connectivity index (χ2n) is 13.5. The molecule has 1 fully saturated rings. The number of carboxylic acid groups (broad SMARTS) is 1. The Morgan fingerprint density at radius 1 is 1.04 bits per heavy atom. The lowest BCUT2D eigenvalue weighted by molar-refractivity contribution is -0.162. The van der Waals surface area contributed by atoms with Gasteiger partial charge in [0.2, 0.25) is 0 Å². The number of aromatic nitrogens is 1. The largest absolute Gasteiger partial charge is 0.476 e. The molecule has 2 heterocycles. The summed E-state index contributed by atoms with van der Waals surface area (Å²) in [6.07, 6.45) is 2.38. The van der Waals surface area contributed by atoms with E-state index in [0.717, 1.165) is 16.0 Å². The van der Waals surface area contributed by atoms with Crippen molar-refractivity contribution in [1.29, 1.82) is 0 Å². The number of hydrogen-bond donors (Lipinski definition) is 1. The van der Waals surface area contributed by atoms with Crippen molar-refractivity contribution in [3.63, 3.8) is 0 Å². The number of halogens is 1. The third kappa shape index (κ3) is 10.5. The summed E-state index contributed by atoms with van der Waals surface area (Å²) in [5.74, 6) is -1.70. The standard InChI is InChI=1S/C33H45FN3O8P/c1-23(10-8-9-17-37(29(40)44-31(2,3)4)30(41)45-32(5,6)7)43-33(28(38)39)22-36(18-19-46(33)42)21-25-11-12-26(34)20-27(25)24-13-15-35-16-14-24/h11-16,20,23H,8-10,17-19,21-22H2,1-7H3/p+1/t23?,33-/m0/s1. The normalized spacial score (nSPS) is 18.9. The van der Waals surface area contributed by atoms with Gasteiger partial charge < -0.3 is 19.3 Å². The number of ether oxygens (including phenoxy) is 3. The number of carbonyl (C=O) groups excluding carboxylic acids is 2. The van der Waals surface area contributed by atoms with Crippen LogP contribution >= 0.6 is 7.80 Å². The van der Waals surface area contributed by atoms with Crippen molar-refractivity contribution in [2.24, 2.45) is 0 Å². The molecule has 2 aromatic rings. The number of hydrogen-bond acceptors (Lipinski definition) is 9.